The quantitative estimate of drug-likeness (QED) is 0.766. The van der Waals surface area contributed by atoms with Gasteiger partial charge in [-0.05, 0) is 63.1 Å². The van der Waals surface area contributed by atoms with Crippen molar-refractivity contribution in [3.05, 3.63) is 52.4 Å². The van der Waals surface area contributed by atoms with Crippen LogP contribution in [0.5, 0.6) is 5.75 Å². The maximum absolute atomic E-state index is 13.2. The number of dihydropyridines is 1. The maximum atomic E-state index is 13.2. The third-order valence-electron chi connectivity index (χ3n) is 6.05. The third-order valence-corrected chi connectivity index (χ3v) is 6.05. The smallest absolute Gasteiger partial charge is 0.337 e. The highest BCUT2D eigenvalue weighted by molar-refractivity contribution is 6.03. The Kier molecular flexibility index (Phi) is 5.25. The first-order valence-corrected chi connectivity index (χ1v) is 10.3. The van der Waals surface area contributed by atoms with Crippen molar-refractivity contribution in [2.45, 2.75) is 70.3 Å². The Bertz CT molecular complexity index is 844. The molecule has 5 nitrogen and oxygen atoms in total. The van der Waals surface area contributed by atoms with E-state index < -0.39 is 5.92 Å². The summed E-state index contributed by atoms with van der Waals surface area (Å²) in [5, 5.41) is 13.0. The summed E-state index contributed by atoms with van der Waals surface area (Å²) in [5.41, 5.74) is 3.70. The molecule has 2 N–H and O–H groups in total. The molecular formula is C23H27NO4. The number of allylic oxidation sites excluding steroid dienone is 3. The molecule has 0 saturated heterocycles. The highest BCUT2D eigenvalue weighted by atomic mass is 16.5. The van der Waals surface area contributed by atoms with Gasteiger partial charge in [-0.1, -0.05) is 18.6 Å². The average Bonchev–Trinajstić information content (AvgIpc) is 2.68. The largest absolute Gasteiger partial charge is 0.508 e. The Morgan fingerprint density at radius 2 is 1.79 bits per heavy atom. The van der Waals surface area contributed by atoms with Crippen molar-refractivity contribution >= 4 is 11.8 Å². The average molecular weight is 381 g/mol. The highest BCUT2D eigenvalue weighted by Crippen LogP contribution is 2.43. The summed E-state index contributed by atoms with van der Waals surface area (Å²) < 4.78 is 5.87. The number of carbonyl (C=O) groups excluding carboxylic acids is 2. The van der Waals surface area contributed by atoms with Crippen LogP contribution in [0.2, 0.25) is 0 Å². The number of carbonyl (C=O) groups is 2. The molecule has 0 spiro atoms. The number of nitrogens with one attached hydrogen (secondary N) is 1. The van der Waals surface area contributed by atoms with Crippen molar-refractivity contribution in [3.63, 3.8) is 0 Å². The summed E-state index contributed by atoms with van der Waals surface area (Å²) >= 11 is 0. The van der Waals surface area contributed by atoms with E-state index in [2.05, 4.69) is 5.32 Å². The molecule has 0 amide bonds. The standard InChI is InChI=1S/C23H27NO4/c1-14-20(23(27)28-17-6-3-2-4-7-17)21(15-10-12-16(25)13-11-15)22-18(24-14)8-5-9-19(22)26/h10-13,17,21,24-25H,2-9H2,1H3. The van der Waals surface area contributed by atoms with E-state index in [1.54, 1.807) is 24.3 Å². The van der Waals surface area contributed by atoms with Crippen molar-refractivity contribution in [3.8, 4) is 5.75 Å². The molecule has 1 unspecified atom stereocenters. The predicted molar refractivity (Wildman–Crippen MR) is 106 cm³/mol. The molecule has 2 aliphatic carbocycles. The number of phenolic OH excluding ortho intramolecular Hbond substituents is 1. The first kappa shape index (κ1) is 18.8. The Balaban J connectivity index is 1.72. The van der Waals surface area contributed by atoms with E-state index in [0.29, 0.717) is 17.6 Å². The minimum Gasteiger partial charge on any atom is -0.508 e. The molecular weight excluding hydrogens is 354 g/mol. The van der Waals surface area contributed by atoms with Gasteiger partial charge in [-0.15, -0.1) is 0 Å². The van der Waals surface area contributed by atoms with Crippen molar-refractivity contribution in [1.29, 1.82) is 0 Å². The zero-order valence-corrected chi connectivity index (χ0v) is 16.3. The lowest BCUT2D eigenvalue weighted by Crippen LogP contribution is -2.35. The molecule has 28 heavy (non-hydrogen) atoms. The summed E-state index contributed by atoms with van der Waals surface area (Å²) in [5.74, 6) is -0.531. The van der Waals surface area contributed by atoms with Gasteiger partial charge in [0, 0.05) is 29.3 Å². The third kappa shape index (κ3) is 3.58. The molecule has 0 bridgehead atoms. The highest BCUT2D eigenvalue weighted by Gasteiger charge is 2.39. The topological polar surface area (TPSA) is 75.6 Å². The lowest BCUT2D eigenvalue weighted by atomic mass is 9.75. The molecule has 1 aliphatic heterocycles. The summed E-state index contributed by atoms with van der Waals surface area (Å²) in [6, 6.07) is 6.78. The maximum Gasteiger partial charge on any atom is 0.337 e. The van der Waals surface area contributed by atoms with E-state index in [4.69, 9.17) is 4.74 Å². The molecule has 1 atom stereocenters. The Morgan fingerprint density at radius 3 is 2.50 bits per heavy atom. The number of benzene rings is 1. The Morgan fingerprint density at radius 1 is 1.07 bits per heavy atom. The molecule has 1 saturated carbocycles. The fourth-order valence-corrected chi connectivity index (χ4v) is 4.65. The van der Waals surface area contributed by atoms with Gasteiger partial charge in [0.05, 0.1) is 5.57 Å². The number of aromatic hydroxyl groups is 1. The zero-order chi connectivity index (χ0) is 19.7. The SMILES string of the molecule is CC1=C(C(=O)OC2CCCCC2)C(c2ccc(O)cc2)C2=C(CCCC2=O)N1. The van der Waals surface area contributed by atoms with Crippen LogP contribution in [-0.2, 0) is 14.3 Å². The van der Waals surface area contributed by atoms with Gasteiger partial charge in [-0.2, -0.15) is 0 Å². The predicted octanol–water partition coefficient (Wildman–Crippen LogP) is 4.24. The lowest BCUT2D eigenvalue weighted by molar-refractivity contribution is -0.146. The second kappa shape index (κ2) is 7.82. The molecule has 1 aromatic rings. The molecule has 1 fully saturated rings. The van der Waals surface area contributed by atoms with E-state index >= 15 is 0 Å². The van der Waals surface area contributed by atoms with E-state index in [9.17, 15) is 14.7 Å². The summed E-state index contributed by atoms with van der Waals surface area (Å²) in [6.07, 6.45) is 7.26. The molecule has 0 radical (unpaired) electrons. The van der Waals surface area contributed by atoms with Gasteiger partial charge >= 0.3 is 5.97 Å². The normalized spacial score (nSPS) is 23.3. The summed E-state index contributed by atoms with van der Waals surface area (Å²) in [4.78, 5) is 26.0. The van der Waals surface area contributed by atoms with Gasteiger partial charge in [0.2, 0.25) is 0 Å². The Hall–Kier alpha value is -2.56. The van der Waals surface area contributed by atoms with Crippen molar-refractivity contribution in [2.75, 3.05) is 0 Å². The molecule has 4 rings (SSSR count). The van der Waals surface area contributed by atoms with Crippen LogP contribution in [0.25, 0.3) is 0 Å². The number of phenols is 1. The van der Waals surface area contributed by atoms with E-state index in [1.165, 1.54) is 6.42 Å². The fourth-order valence-electron chi connectivity index (χ4n) is 4.65. The molecule has 5 heteroatoms. The molecule has 148 valence electrons. The summed E-state index contributed by atoms with van der Waals surface area (Å²) in [7, 11) is 0. The van der Waals surface area contributed by atoms with Crippen LogP contribution in [0.4, 0.5) is 0 Å². The zero-order valence-electron chi connectivity index (χ0n) is 16.3. The Labute approximate surface area is 165 Å². The van der Waals surface area contributed by atoms with Gasteiger partial charge < -0.3 is 15.2 Å². The molecule has 1 heterocycles. The number of esters is 1. The van der Waals surface area contributed by atoms with Crippen LogP contribution in [0.1, 0.15) is 69.8 Å². The number of ketones is 1. The van der Waals surface area contributed by atoms with Gasteiger partial charge in [0.15, 0.2) is 5.78 Å². The van der Waals surface area contributed by atoms with E-state index in [0.717, 1.165) is 55.5 Å². The molecule has 3 aliphatic rings. The first-order chi connectivity index (χ1) is 13.5. The summed E-state index contributed by atoms with van der Waals surface area (Å²) in [6.45, 7) is 1.88. The number of hydrogen-bond acceptors (Lipinski definition) is 5. The molecule has 0 aromatic heterocycles. The minimum atomic E-state index is -0.444. The number of rotatable bonds is 3. The van der Waals surface area contributed by atoms with Crippen molar-refractivity contribution < 1.29 is 19.4 Å². The van der Waals surface area contributed by atoms with Crippen LogP contribution >= 0.6 is 0 Å². The van der Waals surface area contributed by atoms with Crippen molar-refractivity contribution in [1.82, 2.24) is 5.32 Å². The monoisotopic (exact) mass is 381 g/mol. The van der Waals surface area contributed by atoms with E-state index in [1.807, 2.05) is 6.92 Å². The van der Waals surface area contributed by atoms with Gasteiger partial charge in [-0.25, -0.2) is 4.79 Å². The van der Waals surface area contributed by atoms with Crippen LogP contribution < -0.4 is 5.32 Å². The fraction of sp³-hybridized carbons (Fsp3) is 0.478. The number of Topliss-reactive ketones (excluding diaryl/α,β-unsaturated/α-hetero) is 1. The van der Waals surface area contributed by atoms with Crippen molar-refractivity contribution in [2.24, 2.45) is 0 Å². The second-order valence-electron chi connectivity index (χ2n) is 8.02. The first-order valence-electron chi connectivity index (χ1n) is 10.3. The van der Waals surface area contributed by atoms with Gasteiger partial charge in [-0.3, -0.25) is 4.79 Å². The number of hydrogen-bond donors (Lipinski definition) is 2. The van der Waals surface area contributed by atoms with Gasteiger partial charge in [0.1, 0.15) is 11.9 Å². The number of ether oxygens (including phenoxy) is 1. The van der Waals surface area contributed by atoms with Crippen LogP contribution in [-0.4, -0.2) is 23.0 Å². The minimum absolute atomic E-state index is 0.0422. The van der Waals surface area contributed by atoms with Gasteiger partial charge in [0.25, 0.3) is 0 Å². The second-order valence-corrected chi connectivity index (χ2v) is 8.02. The van der Waals surface area contributed by atoms with Crippen LogP contribution in [0, 0.1) is 0 Å². The lowest BCUT2D eigenvalue weighted by Gasteiger charge is -2.35. The molecule has 1 aromatic carbocycles. The van der Waals surface area contributed by atoms with Crippen LogP contribution in [0.3, 0.4) is 0 Å². The van der Waals surface area contributed by atoms with E-state index in [-0.39, 0.29) is 23.6 Å². The van der Waals surface area contributed by atoms with Crippen LogP contribution in [0.15, 0.2) is 46.8 Å².